The van der Waals surface area contributed by atoms with E-state index in [4.69, 9.17) is 0 Å². The van der Waals surface area contributed by atoms with Gasteiger partial charge >= 0.3 is 6.18 Å². The molecule has 124 valence electrons. The highest BCUT2D eigenvalue weighted by Gasteiger charge is 2.59. The van der Waals surface area contributed by atoms with Gasteiger partial charge in [-0.05, 0) is 48.4 Å². The zero-order chi connectivity index (χ0) is 16.7. The maximum atomic E-state index is 13.9. The summed E-state index contributed by atoms with van der Waals surface area (Å²) < 4.78 is 41.6. The van der Waals surface area contributed by atoms with Crippen molar-refractivity contribution in [3.8, 4) is 0 Å². The lowest BCUT2D eigenvalue weighted by Crippen LogP contribution is -2.34. The van der Waals surface area contributed by atoms with Crippen molar-refractivity contribution >= 4 is 22.3 Å². The van der Waals surface area contributed by atoms with Crippen LogP contribution in [0.4, 0.5) is 13.2 Å². The molecule has 1 heterocycles. The summed E-state index contributed by atoms with van der Waals surface area (Å²) in [4.78, 5) is 0. The Balaban J connectivity index is 1.90. The molecule has 1 saturated carbocycles. The summed E-state index contributed by atoms with van der Waals surface area (Å²) in [6.45, 7) is 0. The number of hydrogen-bond donors (Lipinski definition) is 2. The van der Waals surface area contributed by atoms with Crippen LogP contribution in [0.5, 0.6) is 0 Å². The van der Waals surface area contributed by atoms with Crippen LogP contribution in [0.2, 0.25) is 0 Å². The van der Waals surface area contributed by atoms with Gasteiger partial charge in [0.2, 0.25) is 0 Å². The summed E-state index contributed by atoms with van der Waals surface area (Å²) in [5.74, 6) is -0.336. The third kappa shape index (κ3) is 1.53. The van der Waals surface area contributed by atoms with Gasteiger partial charge in [0.25, 0.3) is 0 Å². The average Bonchev–Trinajstić information content (AvgIpc) is 3.21. The van der Waals surface area contributed by atoms with Crippen LogP contribution in [-0.4, -0.2) is 32.5 Å². The minimum absolute atomic E-state index is 0.210. The molecule has 1 spiro atoms. The van der Waals surface area contributed by atoms with E-state index in [9.17, 15) is 18.4 Å². The predicted octanol–water partition coefficient (Wildman–Crippen LogP) is 3.46. The van der Waals surface area contributed by atoms with E-state index >= 15 is 0 Å². The van der Waals surface area contributed by atoms with Crippen LogP contribution in [0.15, 0.2) is 22.9 Å². The summed E-state index contributed by atoms with van der Waals surface area (Å²) in [6, 6.07) is 3.39. The molecule has 5 rings (SSSR count). The van der Waals surface area contributed by atoms with Gasteiger partial charge in [-0.15, -0.1) is 0 Å². The SMILES string of the molecule is O/N=C1/C(C(F)(F)F)=C2c3ccc4n[nH]nc4c3C[C@@]23CC[C@@H]1C3. The van der Waals surface area contributed by atoms with Gasteiger partial charge < -0.3 is 5.21 Å². The molecule has 8 heteroatoms. The minimum atomic E-state index is -4.55. The molecular formula is C16H13F3N4O. The molecule has 0 saturated heterocycles. The molecule has 1 fully saturated rings. The van der Waals surface area contributed by atoms with Gasteiger partial charge in [0.05, 0.1) is 11.3 Å². The summed E-state index contributed by atoms with van der Waals surface area (Å²) >= 11 is 0. The number of oxime groups is 1. The molecule has 0 aliphatic heterocycles. The van der Waals surface area contributed by atoms with Gasteiger partial charge in [-0.2, -0.15) is 28.6 Å². The Labute approximate surface area is 134 Å². The average molecular weight is 334 g/mol. The highest BCUT2D eigenvalue weighted by Crippen LogP contribution is 2.64. The van der Waals surface area contributed by atoms with Gasteiger partial charge in [-0.3, -0.25) is 0 Å². The predicted molar refractivity (Wildman–Crippen MR) is 79.6 cm³/mol. The zero-order valence-electron chi connectivity index (χ0n) is 12.5. The Hall–Kier alpha value is -2.38. The van der Waals surface area contributed by atoms with Crippen molar-refractivity contribution in [2.75, 3.05) is 0 Å². The highest BCUT2D eigenvalue weighted by atomic mass is 19.4. The van der Waals surface area contributed by atoms with E-state index < -0.39 is 17.2 Å². The molecule has 1 aromatic heterocycles. The van der Waals surface area contributed by atoms with Crippen molar-refractivity contribution in [3.63, 3.8) is 0 Å². The first kappa shape index (κ1) is 14.0. The van der Waals surface area contributed by atoms with Crippen LogP contribution >= 0.6 is 0 Å². The molecule has 2 aromatic rings. The Morgan fingerprint density at radius 3 is 2.88 bits per heavy atom. The largest absolute Gasteiger partial charge is 0.418 e. The second-order valence-electron chi connectivity index (χ2n) is 6.91. The summed E-state index contributed by atoms with van der Waals surface area (Å²) in [7, 11) is 0. The number of halogens is 3. The maximum absolute atomic E-state index is 13.9. The molecule has 0 unspecified atom stereocenters. The molecule has 2 bridgehead atoms. The maximum Gasteiger partial charge on any atom is 0.418 e. The number of aromatic nitrogens is 3. The normalized spacial score (nSPS) is 30.3. The first-order chi connectivity index (χ1) is 11.4. The van der Waals surface area contributed by atoms with Crippen molar-refractivity contribution in [2.24, 2.45) is 16.5 Å². The van der Waals surface area contributed by atoms with Crippen molar-refractivity contribution < 1.29 is 18.4 Å². The number of fused-ring (bicyclic) bond motifs is 5. The van der Waals surface area contributed by atoms with E-state index in [1.165, 1.54) is 0 Å². The number of rotatable bonds is 0. The zero-order valence-corrected chi connectivity index (χ0v) is 12.5. The fraction of sp³-hybridized carbons (Fsp3) is 0.438. The van der Waals surface area contributed by atoms with Crippen LogP contribution in [0.3, 0.4) is 0 Å². The summed E-state index contributed by atoms with van der Waals surface area (Å²) in [5.41, 5.74) is 1.48. The van der Waals surface area contributed by atoms with Gasteiger partial charge in [0, 0.05) is 11.3 Å². The second-order valence-corrected chi connectivity index (χ2v) is 6.91. The lowest BCUT2D eigenvalue weighted by molar-refractivity contribution is -0.0870. The third-order valence-electron chi connectivity index (χ3n) is 5.80. The first-order valence-corrected chi connectivity index (χ1v) is 7.82. The molecule has 0 amide bonds. The van der Waals surface area contributed by atoms with Crippen molar-refractivity contribution in [1.29, 1.82) is 0 Å². The lowest BCUT2D eigenvalue weighted by atomic mass is 9.70. The molecular weight excluding hydrogens is 321 g/mol. The fourth-order valence-electron chi connectivity index (χ4n) is 4.99. The molecule has 5 nitrogen and oxygen atoms in total. The molecule has 3 aliphatic rings. The third-order valence-corrected chi connectivity index (χ3v) is 5.80. The van der Waals surface area contributed by atoms with E-state index in [0.717, 1.165) is 5.56 Å². The molecule has 0 radical (unpaired) electrons. The van der Waals surface area contributed by atoms with Crippen LogP contribution in [0.25, 0.3) is 16.6 Å². The van der Waals surface area contributed by atoms with Crippen molar-refractivity contribution in [1.82, 2.24) is 15.4 Å². The van der Waals surface area contributed by atoms with Gasteiger partial charge in [0.15, 0.2) is 0 Å². The minimum Gasteiger partial charge on any atom is -0.411 e. The number of hydrogen-bond acceptors (Lipinski definition) is 4. The number of benzene rings is 1. The van der Waals surface area contributed by atoms with Crippen molar-refractivity contribution in [3.05, 3.63) is 28.8 Å². The van der Waals surface area contributed by atoms with Crippen LogP contribution in [0, 0.1) is 11.3 Å². The second kappa shape index (κ2) is 4.17. The topological polar surface area (TPSA) is 74.2 Å². The van der Waals surface area contributed by atoms with Crippen LogP contribution < -0.4 is 0 Å². The molecule has 3 aliphatic carbocycles. The van der Waals surface area contributed by atoms with E-state index in [1.807, 2.05) is 0 Å². The lowest BCUT2D eigenvalue weighted by Gasteiger charge is -2.34. The van der Waals surface area contributed by atoms with E-state index in [0.29, 0.717) is 42.3 Å². The van der Waals surface area contributed by atoms with E-state index in [2.05, 4.69) is 20.6 Å². The van der Waals surface area contributed by atoms with Crippen LogP contribution in [-0.2, 0) is 6.42 Å². The molecule has 1 aromatic carbocycles. The summed E-state index contributed by atoms with van der Waals surface area (Å²) in [5, 5.41) is 23.1. The Kier molecular flexibility index (Phi) is 2.43. The van der Waals surface area contributed by atoms with E-state index in [-0.39, 0.29) is 17.2 Å². The number of allylic oxidation sites excluding steroid dienone is 2. The fourth-order valence-corrected chi connectivity index (χ4v) is 4.99. The Morgan fingerprint density at radius 2 is 2.12 bits per heavy atom. The first-order valence-electron chi connectivity index (χ1n) is 7.82. The number of nitrogens with zero attached hydrogens (tertiary/aromatic N) is 3. The highest BCUT2D eigenvalue weighted by molar-refractivity contribution is 6.13. The van der Waals surface area contributed by atoms with Crippen molar-refractivity contribution in [2.45, 2.75) is 31.9 Å². The smallest absolute Gasteiger partial charge is 0.411 e. The van der Waals surface area contributed by atoms with Gasteiger partial charge in [-0.1, -0.05) is 11.2 Å². The molecule has 24 heavy (non-hydrogen) atoms. The van der Waals surface area contributed by atoms with Gasteiger partial charge in [-0.25, -0.2) is 0 Å². The van der Waals surface area contributed by atoms with Crippen LogP contribution in [0.1, 0.15) is 30.4 Å². The number of aromatic amines is 1. The summed E-state index contributed by atoms with van der Waals surface area (Å²) in [6.07, 6.45) is -2.14. The molecule has 2 atom stereocenters. The molecule has 2 N–H and O–H groups in total. The Morgan fingerprint density at radius 1 is 1.29 bits per heavy atom. The van der Waals surface area contributed by atoms with Gasteiger partial charge in [0.1, 0.15) is 11.0 Å². The number of H-pyrrole nitrogens is 1. The quantitative estimate of drug-likeness (QED) is 0.572. The van der Waals surface area contributed by atoms with E-state index in [1.54, 1.807) is 12.1 Å². The Bertz CT molecular complexity index is 942. The number of alkyl halides is 3. The monoisotopic (exact) mass is 334 g/mol. The standard InChI is InChI=1S/C16H13F3N4O/c17-16(18,19)12-11-8-1-2-10-14(21-23-20-10)9(8)6-15(11)4-3-7(5-15)13(12)22-24/h1-2,7,24H,3-6H2,(H,20,21,23)/b22-13+/t7-,15+/m1/s1. The number of nitrogens with one attached hydrogen (secondary N) is 1.